The molecule has 0 saturated carbocycles. The van der Waals surface area contributed by atoms with Crippen molar-refractivity contribution >= 4 is 55.3 Å². The third kappa shape index (κ3) is 5.59. The normalized spacial score (nSPS) is 11.8. The number of aromatic hydroxyl groups is 1. The molecule has 0 aliphatic carbocycles. The average Bonchev–Trinajstić information content (AvgIpc) is 3.10. The van der Waals surface area contributed by atoms with E-state index in [0.29, 0.717) is 23.7 Å². The molecule has 0 amide bonds. The summed E-state index contributed by atoms with van der Waals surface area (Å²) in [4.78, 5) is 7.03. The van der Waals surface area contributed by atoms with E-state index in [1.165, 1.54) is 0 Å². The number of nitrogens with zero attached hydrogens (tertiary/aromatic N) is 2. The van der Waals surface area contributed by atoms with Crippen LogP contribution in [0.5, 0.6) is 5.75 Å². The molecule has 30 heavy (non-hydrogen) atoms. The standard InChI is InChI=1S/C23H26BrFN2O2S/c1-15(2)27(9-11-29-10-8-25)20-14-22-19(12-16(20)3)26-23(30-22)7-5-17-4-6-21(28)18(24)13-17/h4-7,12-15,28H,8-11H2,1-3H3/b7-5+. The summed E-state index contributed by atoms with van der Waals surface area (Å²) in [5.74, 6) is 0.222. The van der Waals surface area contributed by atoms with Gasteiger partial charge in [-0.3, -0.25) is 0 Å². The van der Waals surface area contributed by atoms with E-state index in [9.17, 15) is 9.50 Å². The summed E-state index contributed by atoms with van der Waals surface area (Å²) in [7, 11) is 0. The number of phenolic OH excluding ortho intramolecular Hbond substituents is 1. The first-order valence-electron chi connectivity index (χ1n) is 9.87. The fraction of sp³-hybridized carbons (Fsp3) is 0.348. The summed E-state index contributed by atoms with van der Waals surface area (Å²) in [5, 5.41) is 10.6. The van der Waals surface area contributed by atoms with Crippen molar-refractivity contribution in [1.82, 2.24) is 4.98 Å². The van der Waals surface area contributed by atoms with E-state index in [2.05, 4.69) is 53.7 Å². The molecule has 0 fully saturated rings. The predicted octanol–water partition coefficient (Wildman–Crippen LogP) is 6.44. The number of benzene rings is 2. The Hall–Kier alpha value is -1.96. The third-order valence-electron chi connectivity index (χ3n) is 4.74. The Balaban J connectivity index is 1.84. The molecule has 3 aromatic rings. The molecule has 1 heterocycles. The highest BCUT2D eigenvalue weighted by Gasteiger charge is 2.15. The SMILES string of the molecule is Cc1cc2nc(/C=C/c3ccc(O)c(Br)c3)sc2cc1N(CCOCCF)C(C)C. The average molecular weight is 493 g/mol. The van der Waals surface area contributed by atoms with Gasteiger partial charge in [0.25, 0.3) is 0 Å². The van der Waals surface area contributed by atoms with Gasteiger partial charge < -0.3 is 14.7 Å². The number of alkyl halides is 1. The Morgan fingerprint density at radius 2 is 2.03 bits per heavy atom. The zero-order valence-electron chi connectivity index (χ0n) is 17.4. The van der Waals surface area contributed by atoms with E-state index in [1.807, 2.05) is 24.3 Å². The fourth-order valence-corrected chi connectivity index (χ4v) is 4.52. The van der Waals surface area contributed by atoms with Gasteiger partial charge in [-0.1, -0.05) is 12.1 Å². The van der Waals surface area contributed by atoms with Gasteiger partial charge >= 0.3 is 0 Å². The first-order chi connectivity index (χ1) is 14.4. The van der Waals surface area contributed by atoms with Crippen LogP contribution in [0.15, 0.2) is 34.8 Å². The summed E-state index contributed by atoms with van der Waals surface area (Å²) in [5.41, 5.74) is 4.27. The van der Waals surface area contributed by atoms with Crippen LogP contribution in [0.4, 0.5) is 10.1 Å². The minimum absolute atomic E-state index is 0.145. The lowest BCUT2D eigenvalue weighted by atomic mass is 10.1. The second-order valence-electron chi connectivity index (χ2n) is 7.29. The summed E-state index contributed by atoms with van der Waals surface area (Å²) in [6.07, 6.45) is 3.97. The quantitative estimate of drug-likeness (QED) is 0.349. The van der Waals surface area contributed by atoms with Crippen molar-refractivity contribution in [3.8, 4) is 5.75 Å². The van der Waals surface area contributed by atoms with Crippen LogP contribution in [-0.2, 0) is 4.74 Å². The largest absolute Gasteiger partial charge is 0.507 e. The van der Waals surface area contributed by atoms with E-state index in [-0.39, 0.29) is 12.4 Å². The Kier molecular flexibility index (Phi) is 7.86. The highest BCUT2D eigenvalue weighted by atomic mass is 79.9. The van der Waals surface area contributed by atoms with Crippen molar-refractivity contribution in [1.29, 1.82) is 0 Å². The van der Waals surface area contributed by atoms with E-state index >= 15 is 0 Å². The zero-order chi connectivity index (χ0) is 21.7. The zero-order valence-corrected chi connectivity index (χ0v) is 19.8. The van der Waals surface area contributed by atoms with Crippen LogP contribution in [0.2, 0.25) is 0 Å². The van der Waals surface area contributed by atoms with Gasteiger partial charge in [-0.2, -0.15) is 0 Å². The molecule has 3 rings (SSSR count). The maximum atomic E-state index is 12.3. The second kappa shape index (κ2) is 10.4. The van der Waals surface area contributed by atoms with Gasteiger partial charge in [0.05, 0.1) is 27.9 Å². The van der Waals surface area contributed by atoms with Crippen LogP contribution in [0.1, 0.15) is 30.0 Å². The molecule has 7 heteroatoms. The smallest absolute Gasteiger partial charge is 0.129 e. The molecule has 1 N–H and O–H groups in total. The fourth-order valence-electron chi connectivity index (χ4n) is 3.24. The summed E-state index contributed by atoms with van der Waals surface area (Å²) < 4.78 is 19.4. The predicted molar refractivity (Wildman–Crippen MR) is 128 cm³/mol. The third-order valence-corrected chi connectivity index (χ3v) is 6.36. The number of rotatable bonds is 9. The molecule has 0 unspecified atom stereocenters. The molecule has 0 saturated heterocycles. The van der Waals surface area contributed by atoms with E-state index < -0.39 is 6.67 Å². The first-order valence-corrected chi connectivity index (χ1v) is 11.5. The van der Waals surface area contributed by atoms with Crippen LogP contribution in [0.3, 0.4) is 0 Å². The number of hydrogen-bond donors (Lipinski definition) is 1. The van der Waals surface area contributed by atoms with Gasteiger partial charge in [-0.25, -0.2) is 9.37 Å². The summed E-state index contributed by atoms with van der Waals surface area (Å²) in [6.45, 7) is 7.29. The Morgan fingerprint density at radius 3 is 2.73 bits per heavy atom. The van der Waals surface area contributed by atoms with Gasteiger partial charge in [0.1, 0.15) is 17.4 Å². The molecule has 0 bridgehead atoms. The summed E-state index contributed by atoms with van der Waals surface area (Å²) in [6, 6.07) is 10.00. The number of aromatic nitrogens is 1. The van der Waals surface area contributed by atoms with Crippen LogP contribution < -0.4 is 4.90 Å². The maximum absolute atomic E-state index is 12.3. The molecule has 1 aromatic heterocycles. The van der Waals surface area contributed by atoms with Crippen LogP contribution in [0, 0.1) is 6.92 Å². The number of thiazole rings is 1. The van der Waals surface area contributed by atoms with Gasteiger partial charge in [0.15, 0.2) is 0 Å². The molecular formula is C23H26BrFN2O2S. The maximum Gasteiger partial charge on any atom is 0.129 e. The second-order valence-corrected chi connectivity index (χ2v) is 9.21. The van der Waals surface area contributed by atoms with Crippen molar-refractivity contribution in [2.45, 2.75) is 26.8 Å². The number of aryl methyl sites for hydroxylation is 1. The number of anilines is 1. The molecule has 0 aliphatic heterocycles. The number of phenols is 1. The highest BCUT2D eigenvalue weighted by molar-refractivity contribution is 9.10. The monoisotopic (exact) mass is 492 g/mol. The van der Waals surface area contributed by atoms with Crippen molar-refractivity contribution in [2.24, 2.45) is 0 Å². The van der Waals surface area contributed by atoms with Crippen LogP contribution in [-0.4, -0.2) is 42.6 Å². The van der Waals surface area contributed by atoms with E-state index in [4.69, 9.17) is 9.72 Å². The topological polar surface area (TPSA) is 45.6 Å². The molecule has 2 aromatic carbocycles. The molecule has 4 nitrogen and oxygen atoms in total. The van der Waals surface area contributed by atoms with Gasteiger partial charge in [0.2, 0.25) is 0 Å². The van der Waals surface area contributed by atoms with Crippen molar-refractivity contribution in [2.75, 3.05) is 31.3 Å². The minimum atomic E-state index is -0.453. The Morgan fingerprint density at radius 1 is 1.23 bits per heavy atom. The number of hydrogen-bond acceptors (Lipinski definition) is 5. The molecule has 0 spiro atoms. The lowest BCUT2D eigenvalue weighted by Crippen LogP contribution is -2.34. The first kappa shape index (κ1) is 22.7. The summed E-state index contributed by atoms with van der Waals surface area (Å²) >= 11 is 4.98. The Bertz CT molecular complexity index is 1040. The van der Waals surface area contributed by atoms with Gasteiger partial charge in [-0.05, 0) is 78.2 Å². The van der Waals surface area contributed by atoms with Crippen LogP contribution >= 0.6 is 27.3 Å². The minimum Gasteiger partial charge on any atom is -0.507 e. The lowest BCUT2D eigenvalue weighted by molar-refractivity contribution is 0.123. The van der Waals surface area contributed by atoms with Crippen molar-refractivity contribution in [3.05, 3.63) is 50.9 Å². The molecule has 0 aliphatic rings. The molecular weight excluding hydrogens is 467 g/mol. The van der Waals surface area contributed by atoms with Gasteiger partial charge in [-0.15, -0.1) is 11.3 Å². The molecule has 160 valence electrons. The van der Waals surface area contributed by atoms with E-state index in [0.717, 1.165) is 32.0 Å². The lowest BCUT2D eigenvalue weighted by Gasteiger charge is -2.30. The van der Waals surface area contributed by atoms with Crippen LogP contribution in [0.25, 0.3) is 22.4 Å². The Labute approximate surface area is 189 Å². The molecule has 0 radical (unpaired) electrons. The van der Waals surface area contributed by atoms with E-state index in [1.54, 1.807) is 17.4 Å². The van der Waals surface area contributed by atoms with Gasteiger partial charge in [0, 0.05) is 18.3 Å². The van der Waals surface area contributed by atoms with Crippen molar-refractivity contribution < 1.29 is 14.2 Å². The number of fused-ring (bicyclic) bond motifs is 1. The highest BCUT2D eigenvalue weighted by Crippen LogP contribution is 2.32. The number of halogens is 2. The molecule has 0 atom stereocenters. The number of ether oxygens (including phenoxy) is 1. The van der Waals surface area contributed by atoms with Crippen molar-refractivity contribution in [3.63, 3.8) is 0 Å².